The minimum Gasteiger partial charge on any atom is -0.507 e. The second-order valence-electron chi connectivity index (χ2n) is 6.47. The molecule has 0 aliphatic carbocycles. The molecule has 2 N–H and O–H groups in total. The van der Waals surface area contributed by atoms with Crippen molar-refractivity contribution in [3.05, 3.63) is 76.0 Å². The maximum atomic E-state index is 13.1. The van der Waals surface area contributed by atoms with E-state index in [9.17, 15) is 22.7 Å². The van der Waals surface area contributed by atoms with E-state index in [2.05, 4.69) is 0 Å². The molecule has 0 heterocycles. The Kier molecular flexibility index (Phi) is 6.74. The van der Waals surface area contributed by atoms with Gasteiger partial charge in [0.15, 0.2) is 5.75 Å². The Hall–Kier alpha value is -2.81. The van der Waals surface area contributed by atoms with Gasteiger partial charge >= 0.3 is 5.97 Å². The highest BCUT2D eigenvalue weighted by molar-refractivity contribution is 7.91. The Morgan fingerprint density at radius 3 is 2.19 bits per heavy atom. The number of aliphatic carboxylic acids is 1. The van der Waals surface area contributed by atoms with Crippen LogP contribution in [0.25, 0.3) is 0 Å². The Morgan fingerprint density at radius 1 is 1.00 bits per heavy atom. The molecule has 31 heavy (non-hydrogen) atoms. The van der Waals surface area contributed by atoms with Crippen LogP contribution in [0.3, 0.4) is 0 Å². The molecule has 0 atom stereocenters. The number of phenolic OH excluding ortho intramolecular Hbond substituents is 1. The molecule has 0 saturated heterocycles. The lowest BCUT2D eigenvalue weighted by Crippen LogP contribution is -2.03. The van der Waals surface area contributed by atoms with Gasteiger partial charge in [-0.3, -0.25) is 4.79 Å². The van der Waals surface area contributed by atoms with E-state index in [1.54, 1.807) is 0 Å². The Labute approximate surface area is 187 Å². The molecule has 0 aliphatic heterocycles. The second kappa shape index (κ2) is 9.13. The number of aromatic hydroxyl groups is 1. The van der Waals surface area contributed by atoms with Crippen LogP contribution < -0.4 is 4.74 Å². The van der Waals surface area contributed by atoms with Crippen molar-refractivity contribution in [2.45, 2.75) is 22.6 Å². The zero-order chi connectivity index (χ0) is 22.8. The Bertz CT molecular complexity index is 1220. The summed E-state index contributed by atoms with van der Waals surface area (Å²) in [5, 5.41) is 19.1. The first kappa shape index (κ1) is 22.9. The van der Waals surface area contributed by atoms with Crippen LogP contribution in [-0.2, 0) is 21.1 Å². The van der Waals surface area contributed by atoms with Crippen LogP contribution in [0.4, 0.5) is 4.39 Å². The second-order valence-corrected chi connectivity index (χ2v) is 9.20. The highest BCUT2D eigenvalue weighted by Gasteiger charge is 2.23. The van der Waals surface area contributed by atoms with Gasteiger partial charge in [0.05, 0.1) is 14.9 Å². The third kappa shape index (κ3) is 5.28. The van der Waals surface area contributed by atoms with Gasteiger partial charge in [0.2, 0.25) is 9.84 Å². The van der Waals surface area contributed by atoms with Gasteiger partial charge in [0.25, 0.3) is 0 Å². The molecule has 0 spiro atoms. The number of hydrogen-bond acceptors (Lipinski definition) is 5. The normalized spacial score (nSPS) is 11.3. The number of sulfone groups is 1. The first-order chi connectivity index (χ1) is 14.6. The number of benzene rings is 3. The summed E-state index contributed by atoms with van der Waals surface area (Å²) in [5.74, 6) is -2.01. The molecule has 0 aromatic heterocycles. The van der Waals surface area contributed by atoms with Gasteiger partial charge in [-0.1, -0.05) is 23.2 Å². The quantitative estimate of drug-likeness (QED) is 0.430. The lowest BCUT2D eigenvalue weighted by atomic mass is 10.1. The third-order valence-electron chi connectivity index (χ3n) is 4.25. The van der Waals surface area contributed by atoms with E-state index >= 15 is 0 Å². The van der Waals surface area contributed by atoms with Crippen LogP contribution in [0, 0.1) is 5.82 Å². The molecule has 0 amide bonds. The van der Waals surface area contributed by atoms with E-state index in [0.29, 0.717) is 5.56 Å². The van der Waals surface area contributed by atoms with Gasteiger partial charge < -0.3 is 14.9 Å². The average Bonchev–Trinajstić information content (AvgIpc) is 2.70. The summed E-state index contributed by atoms with van der Waals surface area (Å²) < 4.78 is 44.5. The van der Waals surface area contributed by atoms with Crippen LogP contribution >= 0.6 is 23.2 Å². The fourth-order valence-corrected chi connectivity index (χ4v) is 4.71. The van der Waals surface area contributed by atoms with Gasteiger partial charge in [0.1, 0.15) is 22.2 Å². The van der Waals surface area contributed by atoms with Crippen molar-refractivity contribution in [1.82, 2.24) is 0 Å². The molecule has 0 radical (unpaired) electrons. The molecule has 0 aliphatic rings. The number of phenols is 1. The van der Waals surface area contributed by atoms with Crippen LogP contribution in [0.15, 0.2) is 64.4 Å². The lowest BCUT2D eigenvalue weighted by Gasteiger charge is -2.13. The van der Waals surface area contributed by atoms with E-state index < -0.39 is 32.3 Å². The summed E-state index contributed by atoms with van der Waals surface area (Å²) in [5.41, 5.74) is 0.593. The van der Waals surface area contributed by atoms with E-state index in [0.717, 1.165) is 36.4 Å². The Morgan fingerprint density at radius 2 is 1.61 bits per heavy atom. The minimum atomic E-state index is -4.16. The first-order valence-electron chi connectivity index (χ1n) is 8.79. The van der Waals surface area contributed by atoms with Crippen molar-refractivity contribution in [1.29, 1.82) is 0 Å². The molecule has 10 heteroatoms. The van der Waals surface area contributed by atoms with Crippen molar-refractivity contribution < 1.29 is 32.6 Å². The predicted octanol–water partition coefficient (Wildman–Crippen LogP) is 5.48. The zero-order valence-electron chi connectivity index (χ0n) is 15.7. The summed E-state index contributed by atoms with van der Waals surface area (Å²) in [7, 11) is -4.16. The fourth-order valence-electron chi connectivity index (χ4n) is 2.74. The van der Waals surface area contributed by atoms with E-state index in [1.165, 1.54) is 18.2 Å². The van der Waals surface area contributed by atoms with Crippen molar-refractivity contribution in [2.24, 2.45) is 0 Å². The number of carbonyl (C=O) groups is 1. The maximum absolute atomic E-state index is 13.1. The molecule has 3 rings (SSSR count). The van der Waals surface area contributed by atoms with Crippen LogP contribution in [-0.4, -0.2) is 24.6 Å². The van der Waals surface area contributed by atoms with Crippen LogP contribution in [0.5, 0.6) is 17.2 Å². The molecule has 0 bridgehead atoms. The SMILES string of the molecule is O=C(O)CCc1cc(Cl)c(Oc2ccc(O)c(S(=O)(=O)c3ccc(F)cc3)c2)c(Cl)c1. The van der Waals surface area contributed by atoms with Gasteiger partial charge in [-0.25, -0.2) is 12.8 Å². The van der Waals surface area contributed by atoms with Crippen molar-refractivity contribution in [3.8, 4) is 17.2 Å². The van der Waals surface area contributed by atoms with E-state index in [1.807, 2.05) is 0 Å². The summed E-state index contributed by atoms with van der Waals surface area (Å²) in [4.78, 5) is 10.1. The molecule has 3 aromatic carbocycles. The minimum absolute atomic E-state index is 0.0283. The highest BCUT2D eigenvalue weighted by Crippen LogP contribution is 2.40. The van der Waals surface area contributed by atoms with Crippen molar-refractivity contribution >= 4 is 39.0 Å². The van der Waals surface area contributed by atoms with Gasteiger partial charge in [0, 0.05) is 12.5 Å². The number of halogens is 3. The number of ether oxygens (including phenoxy) is 1. The maximum Gasteiger partial charge on any atom is 0.303 e. The third-order valence-corrected chi connectivity index (χ3v) is 6.61. The highest BCUT2D eigenvalue weighted by atomic mass is 35.5. The number of carboxylic acids is 1. The largest absolute Gasteiger partial charge is 0.507 e. The summed E-state index contributed by atoms with van der Waals surface area (Å²) in [6.45, 7) is 0. The molecule has 0 fully saturated rings. The number of carboxylic acid groups (broad SMARTS) is 1. The summed E-state index contributed by atoms with van der Waals surface area (Å²) in [6.07, 6.45) is 0.115. The molecule has 0 unspecified atom stereocenters. The lowest BCUT2D eigenvalue weighted by molar-refractivity contribution is -0.136. The van der Waals surface area contributed by atoms with Gasteiger partial charge in [-0.15, -0.1) is 0 Å². The average molecular weight is 485 g/mol. The number of hydrogen-bond donors (Lipinski definition) is 2. The van der Waals surface area contributed by atoms with Crippen molar-refractivity contribution in [3.63, 3.8) is 0 Å². The number of rotatable bonds is 7. The van der Waals surface area contributed by atoms with Crippen molar-refractivity contribution in [2.75, 3.05) is 0 Å². The molecule has 0 saturated carbocycles. The molecular weight excluding hydrogens is 470 g/mol. The van der Waals surface area contributed by atoms with Crippen LogP contribution in [0.2, 0.25) is 10.0 Å². The standard InChI is InChI=1S/C21H15Cl2FO6S/c22-16-9-12(1-8-20(26)27)10-17(23)21(16)30-14-4-7-18(25)19(11-14)31(28,29)15-5-2-13(24)3-6-15/h2-7,9-11,25H,1,8H2,(H,26,27). The summed E-state index contributed by atoms with van der Waals surface area (Å²) >= 11 is 12.4. The summed E-state index contributed by atoms with van der Waals surface area (Å²) in [6, 6.07) is 10.7. The smallest absolute Gasteiger partial charge is 0.303 e. The zero-order valence-corrected chi connectivity index (χ0v) is 18.0. The number of aryl methyl sites for hydroxylation is 1. The van der Waals surface area contributed by atoms with Crippen LogP contribution in [0.1, 0.15) is 12.0 Å². The molecular formula is C21H15Cl2FO6S. The fraction of sp³-hybridized carbons (Fsp3) is 0.0952. The van der Waals surface area contributed by atoms with Gasteiger partial charge in [-0.05, 0) is 60.5 Å². The topological polar surface area (TPSA) is 101 Å². The van der Waals surface area contributed by atoms with Gasteiger partial charge in [-0.2, -0.15) is 0 Å². The predicted molar refractivity (Wildman–Crippen MR) is 112 cm³/mol. The molecule has 6 nitrogen and oxygen atoms in total. The first-order valence-corrected chi connectivity index (χ1v) is 11.0. The van der Waals surface area contributed by atoms with E-state index in [4.69, 9.17) is 33.0 Å². The Balaban J connectivity index is 1.94. The molecule has 162 valence electrons. The van der Waals surface area contributed by atoms with E-state index in [-0.39, 0.29) is 39.3 Å². The monoisotopic (exact) mass is 484 g/mol. The molecule has 3 aromatic rings.